The average molecular weight is 435 g/mol. The number of thiophene rings is 1. The fourth-order valence-electron chi connectivity index (χ4n) is 4.31. The van der Waals surface area contributed by atoms with Gasteiger partial charge in [-0.1, -0.05) is 97.1 Å². The summed E-state index contributed by atoms with van der Waals surface area (Å²) < 4.78 is 17.5. The van der Waals surface area contributed by atoms with Crippen LogP contribution in [-0.4, -0.2) is 4.98 Å². The molecule has 2 heterocycles. The van der Waals surface area contributed by atoms with E-state index in [4.69, 9.17) is 4.98 Å². The number of pyridine rings is 1. The lowest BCUT2D eigenvalue weighted by molar-refractivity contribution is 0.593. The van der Waals surface area contributed by atoms with E-state index in [2.05, 4.69) is 18.2 Å². The molecule has 4 heteroatoms. The van der Waals surface area contributed by atoms with E-state index in [9.17, 15) is 0 Å². The second-order valence-corrected chi connectivity index (χ2v) is 11.3. The lowest BCUT2D eigenvalue weighted by atomic mass is 10.2. The van der Waals surface area contributed by atoms with Crippen LogP contribution in [-0.2, 0) is 4.57 Å². The molecule has 0 bridgehead atoms. The standard InChI is InChI=1S/C27H18NOPS/c29-30(19-11-3-1-4-12-19,20-13-5-2-6-14-20)26-21-15-7-9-17-23(21)28-25-22-16-8-10-18-24(22)31-27(25)26/h1-18H. The first-order valence-electron chi connectivity index (χ1n) is 10.2. The summed E-state index contributed by atoms with van der Waals surface area (Å²) >= 11 is 1.68. The van der Waals surface area contributed by atoms with Gasteiger partial charge in [0.15, 0.2) is 7.14 Å². The summed E-state index contributed by atoms with van der Waals surface area (Å²) in [6, 6.07) is 36.2. The quantitative estimate of drug-likeness (QED) is 0.308. The predicted molar refractivity (Wildman–Crippen MR) is 134 cm³/mol. The minimum atomic E-state index is -3.15. The largest absolute Gasteiger partial charge is 0.309 e. The zero-order valence-electron chi connectivity index (χ0n) is 16.6. The zero-order valence-corrected chi connectivity index (χ0v) is 18.3. The molecule has 31 heavy (non-hydrogen) atoms. The normalized spacial score (nSPS) is 12.0. The molecule has 0 aliphatic heterocycles. The Morgan fingerprint density at radius 3 is 1.84 bits per heavy atom. The summed E-state index contributed by atoms with van der Waals surface area (Å²) in [5.41, 5.74) is 1.81. The van der Waals surface area contributed by atoms with E-state index in [1.54, 1.807) is 11.3 Å². The van der Waals surface area contributed by atoms with Gasteiger partial charge in [0, 0.05) is 31.4 Å². The van der Waals surface area contributed by atoms with Crippen molar-refractivity contribution in [3.63, 3.8) is 0 Å². The third kappa shape index (κ3) is 2.78. The fourth-order valence-corrected chi connectivity index (χ4v) is 8.85. The van der Waals surface area contributed by atoms with Gasteiger partial charge in [0.1, 0.15) is 0 Å². The van der Waals surface area contributed by atoms with Gasteiger partial charge in [0.25, 0.3) is 0 Å². The summed E-state index contributed by atoms with van der Waals surface area (Å²) in [6.07, 6.45) is 0. The summed E-state index contributed by atoms with van der Waals surface area (Å²) in [5, 5.41) is 4.65. The van der Waals surface area contributed by atoms with E-state index in [1.165, 1.54) is 0 Å². The van der Waals surface area contributed by atoms with Crippen molar-refractivity contribution in [1.82, 2.24) is 4.98 Å². The third-order valence-corrected chi connectivity index (χ3v) is 10.2. The molecule has 4 aromatic carbocycles. The molecule has 6 aromatic rings. The minimum Gasteiger partial charge on any atom is -0.309 e. The molecule has 0 aliphatic rings. The van der Waals surface area contributed by atoms with Crippen molar-refractivity contribution in [2.75, 3.05) is 0 Å². The lowest BCUT2D eigenvalue weighted by Crippen LogP contribution is -2.26. The smallest absolute Gasteiger partial charge is 0.173 e. The van der Waals surface area contributed by atoms with Crippen LogP contribution in [0.2, 0.25) is 0 Å². The number of rotatable bonds is 3. The highest BCUT2D eigenvalue weighted by Gasteiger charge is 2.34. The number of hydrogen-bond acceptors (Lipinski definition) is 3. The Labute approximate surface area is 184 Å². The molecule has 0 saturated heterocycles. The summed E-state index contributed by atoms with van der Waals surface area (Å²) in [7, 11) is -3.15. The maximum absolute atomic E-state index is 15.3. The highest BCUT2D eigenvalue weighted by molar-refractivity contribution is 7.86. The van der Waals surface area contributed by atoms with E-state index >= 15 is 4.57 Å². The average Bonchev–Trinajstić information content (AvgIpc) is 3.21. The van der Waals surface area contributed by atoms with Crippen LogP contribution < -0.4 is 15.9 Å². The van der Waals surface area contributed by atoms with Gasteiger partial charge in [-0.05, 0) is 12.1 Å². The molecule has 0 saturated carbocycles. The maximum atomic E-state index is 15.3. The van der Waals surface area contributed by atoms with Crippen molar-refractivity contribution in [2.24, 2.45) is 0 Å². The Bertz CT molecular complexity index is 1560. The molecule has 148 valence electrons. The third-order valence-electron chi connectivity index (χ3n) is 5.73. The Kier molecular flexibility index (Phi) is 4.27. The van der Waals surface area contributed by atoms with Gasteiger partial charge in [-0.2, -0.15) is 0 Å². The molecule has 2 nitrogen and oxygen atoms in total. The second-order valence-electron chi connectivity index (χ2n) is 7.53. The molecule has 0 fully saturated rings. The Morgan fingerprint density at radius 1 is 0.613 bits per heavy atom. The van der Waals surface area contributed by atoms with Crippen molar-refractivity contribution in [2.45, 2.75) is 0 Å². The van der Waals surface area contributed by atoms with Crippen molar-refractivity contribution in [3.05, 3.63) is 109 Å². The van der Waals surface area contributed by atoms with Gasteiger partial charge in [0.2, 0.25) is 0 Å². The van der Waals surface area contributed by atoms with E-state index in [0.717, 1.165) is 47.1 Å². The first-order chi connectivity index (χ1) is 15.3. The lowest BCUT2D eigenvalue weighted by Gasteiger charge is -2.22. The number of para-hydroxylation sites is 1. The van der Waals surface area contributed by atoms with Crippen molar-refractivity contribution < 1.29 is 4.57 Å². The van der Waals surface area contributed by atoms with Gasteiger partial charge < -0.3 is 4.57 Å². The molecule has 0 unspecified atom stereocenters. The molecule has 0 radical (unpaired) electrons. The molecule has 0 N–H and O–H groups in total. The molecule has 0 spiro atoms. The number of benzene rings is 4. The molecule has 0 atom stereocenters. The molecule has 0 aliphatic carbocycles. The monoisotopic (exact) mass is 435 g/mol. The summed E-state index contributed by atoms with van der Waals surface area (Å²) in [5.74, 6) is 0. The van der Waals surface area contributed by atoms with E-state index in [1.807, 2.05) is 91.0 Å². The van der Waals surface area contributed by atoms with Gasteiger partial charge in [-0.15, -0.1) is 11.3 Å². The first-order valence-corrected chi connectivity index (χ1v) is 12.7. The Morgan fingerprint density at radius 2 is 1.16 bits per heavy atom. The van der Waals surface area contributed by atoms with Crippen LogP contribution in [0, 0.1) is 0 Å². The first kappa shape index (κ1) is 18.5. The molecular formula is C27H18NOPS. The number of fused-ring (bicyclic) bond motifs is 4. The fraction of sp³-hybridized carbons (Fsp3) is 0. The van der Waals surface area contributed by atoms with Crippen molar-refractivity contribution in [3.8, 4) is 0 Å². The van der Waals surface area contributed by atoms with Gasteiger partial charge >= 0.3 is 0 Å². The van der Waals surface area contributed by atoms with Crippen molar-refractivity contribution in [1.29, 1.82) is 0 Å². The molecule has 6 rings (SSSR count). The number of hydrogen-bond donors (Lipinski definition) is 0. The highest BCUT2D eigenvalue weighted by atomic mass is 32.1. The van der Waals surface area contributed by atoms with Crippen LogP contribution in [0.5, 0.6) is 0 Å². The van der Waals surface area contributed by atoms with Gasteiger partial charge in [-0.25, -0.2) is 4.98 Å². The second kappa shape index (κ2) is 7.16. The van der Waals surface area contributed by atoms with E-state index in [0.29, 0.717) is 0 Å². The number of nitrogens with zero attached hydrogens (tertiary/aromatic N) is 1. The van der Waals surface area contributed by atoms with Crippen molar-refractivity contribution >= 4 is 65.6 Å². The van der Waals surface area contributed by atoms with Crippen LogP contribution in [0.3, 0.4) is 0 Å². The Balaban J connectivity index is 1.87. The van der Waals surface area contributed by atoms with Crippen LogP contribution in [0.4, 0.5) is 0 Å². The highest BCUT2D eigenvalue weighted by Crippen LogP contribution is 2.48. The SMILES string of the molecule is O=P(c1ccccc1)(c1ccccc1)c1c2ccccc2nc2c1sc1ccccc12. The molecule has 0 amide bonds. The van der Waals surface area contributed by atoms with Crippen LogP contribution in [0.15, 0.2) is 109 Å². The Hall–Kier alpha value is -3.26. The van der Waals surface area contributed by atoms with Crippen LogP contribution in [0.25, 0.3) is 31.2 Å². The maximum Gasteiger partial charge on any atom is 0.173 e. The van der Waals surface area contributed by atoms with E-state index < -0.39 is 7.14 Å². The van der Waals surface area contributed by atoms with Crippen LogP contribution in [0.1, 0.15) is 0 Å². The zero-order chi connectivity index (χ0) is 20.8. The van der Waals surface area contributed by atoms with Gasteiger partial charge in [-0.3, -0.25) is 0 Å². The molecule has 2 aromatic heterocycles. The van der Waals surface area contributed by atoms with Crippen LogP contribution >= 0.6 is 18.5 Å². The summed E-state index contributed by atoms with van der Waals surface area (Å²) in [6.45, 7) is 0. The predicted octanol–water partition coefficient (Wildman–Crippen LogP) is 6.24. The summed E-state index contributed by atoms with van der Waals surface area (Å²) in [4.78, 5) is 5.02. The molecular weight excluding hydrogens is 417 g/mol. The topological polar surface area (TPSA) is 30.0 Å². The minimum absolute atomic E-state index is 0.844. The van der Waals surface area contributed by atoms with E-state index in [-0.39, 0.29) is 0 Å². The van der Waals surface area contributed by atoms with Gasteiger partial charge in [0.05, 0.1) is 15.7 Å². The number of aromatic nitrogens is 1.